The first kappa shape index (κ1) is 29.6. The summed E-state index contributed by atoms with van der Waals surface area (Å²) in [7, 11) is 0. The van der Waals surface area contributed by atoms with Crippen molar-refractivity contribution in [2.75, 3.05) is 24.6 Å². The third kappa shape index (κ3) is 9.07. The maximum Gasteiger partial charge on any atom is 0.340 e. The molecule has 0 aliphatic heterocycles. The van der Waals surface area contributed by atoms with Gasteiger partial charge in [0.1, 0.15) is 0 Å². The fourth-order valence-corrected chi connectivity index (χ4v) is 4.20. The highest BCUT2D eigenvalue weighted by molar-refractivity contribution is 8.14. The summed E-state index contributed by atoms with van der Waals surface area (Å²) in [6.07, 6.45) is 0.902. The highest BCUT2D eigenvalue weighted by atomic mass is 32.2. The average molecular weight is 546 g/mol. The largest absolute Gasteiger partial charge is 0.462 e. The van der Waals surface area contributed by atoms with Gasteiger partial charge >= 0.3 is 5.97 Å². The van der Waals surface area contributed by atoms with Crippen molar-refractivity contribution in [3.63, 3.8) is 0 Å². The maximum atomic E-state index is 12.1. The number of nitrogens with zero attached hydrogens (tertiary/aromatic N) is 5. The molecule has 1 heterocycles. The summed E-state index contributed by atoms with van der Waals surface area (Å²) < 4.78 is 5.35. The van der Waals surface area contributed by atoms with E-state index in [1.165, 1.54) is 4.80 Å². The number of ether oxygens (including phenoxy) is 1. The van der Waals surface area contributed by atoms with Crippen molar-refractivity contribution in [3.05, 3.63) is 96.1 Å². The van der Waals surface area contributed by atoms with Gasteiger partial charge in [-0.15, -0.1) is 15.0 Å². The van der Waals surface area contributed by atoms with Crippen molar-refractivity contribution in [1.82, 2.24) is 20.2 Å². The van der Waals surface area contributed by atoms with Gasteiger partial charge in [0, 0.05) is 18.7 Å². The molecule has 0 bridgehead atoms. The van der Waals surface area contributed by atoms with Gasteiger partial charge < -0.3 is 9.64 Å². The monoisotopic (exact) mass is 545 g/mol. The van der Waals surface area contributed by atoms with Gasteiger partial charge in [-0.25, -0.2) is 4.79 Å². The average Bonchev–Trinajstić information content (AvgIpc) is 3.43. The summed E-state index contributed by atoms with van der Waals surface area (Å²) in [6.45, 7) is 10.7. The quantitative estimate of drug-likeness (QED) is 0.169. The van der Waals surface area contributed by atoms with Crippen molar-refractivity contribution < 1.29 is 14.3 Å². The van der Waals surface area contributed by atoms with E-state index in [2.05, 4.69) is 48.0 Å². The molecule has 4 rings (SSSR count). The molecule has 4 aromatic rings. The van der Waals surface area contributed by atoms with Gasteiger partial charge in [0.25, 0.3) is 0 Å². The van der Waals surface area contributed by atoms with Crippen molar-refractivity contribution in [1.29, 1.82) is 0 Å². The summed E-state index contributed by atoms with van der Waals surface area (Å²) in [5.74, 6) is 0.328. The molecular weight excluding hydrogens is 510 g/mol. The Bertz CT molecular complexity index is 1310. The zero-order valence-corrected chi connectivity index (χ0v) is 23.7. The molecule has 0 radical (unpaired) electrons. The molecule has 0 atom stereocenters. The lowest BCUT2D eigenvalue weighted by Gasteiger charge is -2.23. The van der Waals surface area contributed by atoms with E-state index in [0.717, 1.165) is 42.6 Å². The third-order valence-electron chi connectivity index (χ3n) is 5.73. The predicted octanol–water partition coefficient (Wildman–Crippen LogP) is 6.33. The summed E-state index contributed by atoms with van der Waals surface area (Å²) in [4.78, 5) is 27.7. The molecule has 0 unspecified atom stereocenters. The highest BCUT2D eigenvalue weighted by Gasteiger charge is 2.16. The van der Waals surface area contributed by atoms with Crippen LogP contribution in [0.5, 0.6) is 0 Å². The minimum atomic E-state index is -0.219. The number of rotatable bonds is 10. The second kappa shape index (κ2) is 15.4. The van der Waals surface area contributed by atoms with E-state index >= 15 is 0 Å². The summed E-state index contributed by atoms with van der Waals surface area (Å²) in [5.41, 5.74) is 3.05. The number of aromatic nitrogens is 4. The van der Waals surface area contributed by atoms with E-state index in [9.17, 15) is 9.59 Å². The minimum absolute atomic E-state index is 0.0989. The van der Waals surface area contributed by atoms with Crippen LogP contribution in [0.2, 0.25) is 0 Å². The van der Waals surface area contributed by atoms with Gasteiger partial charge in [-0.05, 0) is 67.4 Å². The number of hydrogen-bond acceptors (Lipinski definition) is 8. The van der Waals surface area contributed by atoms with Crippen LogP contribution >= 0.6 is 11.8 Å². The summed E-state index contributed by atoms with van der Waals surface area (Å²) >= 11 is 0.968. The number of thioether (sulfide) groups is 1. The molecule has 204 valence electrons. The van der Waals surface area contributed by atoms with Crippen LogP contribution in [0, 0.1) is 5.92 Å². The van der Waals surface area contributed by atoms with Gasteiger partial charge in [0.15, 0.2) is 0 Å². The fourth-order valence-electron chi connectivity index (χ4n) is 3.58. The number of tetrazole rings is 1. The van der Waals surface area contributed by atoms with Crippen LogP contribution in [0.4, 0.5) is 5.69 Å². The van der Waals surface area contributed by atoms with Crippen LogP contribution in [0.1, 0.15) is 54.8 Å². The molecule has 0 saturated heterocycles. The number of carbonyl (C=O) groups excluding carboxylic acids is 2. The van der Waals surface area contributed by atoms with Crippen molar-refractivity contribution in [2.24, 2.45) is 5.92 Å². The highest BCUT2D eigenvalue weighted by Crippen LogP contribution is 2.21. The van der Waals surface area contributed by atoms with E-state index in [1.807, 2.05) is 72.8 Å². The molecule has 0 N–H and O–H groups in total. The molecule has 0 fully saturated rings. The van der Waals surface area contributed by atoms with Gasteiger partial charge in [-0.2, -0.15) is 0 Å². The molecule has 3 aromatic carbocycles. The molecule has 0 aliphatic carbocycles. The molecule has 0 amide bonds. The smallest absolute Gasteiger partial charge is 0.340 e. The van der Waals surface area contributed by atoms with E-state index in [-0.39, 0.29) is 11.1 Å². The molecule has 8 nitrogen and oxygen atoms in total. The molecule has 39 heavy (non-hydrogen) atoms. The molecule has 1 aromatic heterocycles. The predicted molar refractivity (Wildman–Crippen MR) is 156 cm³/mol. The number of carbonyl (C=O) groups is 2. The zero-order valence-electron chi connectivity index (χ0n) is 22.9. The first-order valence-corrected chi connectivity index (χ1v) is 13.9. The maximum absolute atomic E-state index is 12.1. The summed E-state index contributed by atoms with van der Waals surface area (Å²) in [6, 6.07) is 26.1. The molecule has 0 spiro atoms. The Labute approximate surface area is 234 Å². The van der Waals surface area contributed by atoms with Crippen LogP contribution in [-0.4, -0.2) is 51.0 Å². The molecule has 0 aliphatic rings. The van der Waals surface area contributed by atoms with Gasteiger partial charge in [0.2, 0.25) is 10.3 Å². The van der Waals surface area contributed by atoms with Gasteiger partial charge in [0.05, 0.1) is 23.5 Å². The Morgan fingerprint density at radius 2 is 1.51 bits per heavy atom. The van der Waals surface area contributed by atoms with Gasteiger partial charge in [-0.1, -0.05) is 74.5 Å². The second-order valence-corrected chi connectivity index (χ2v) is 9.90. The Hall–Kier alpha value is -3.98. The van der Waals surface area contributed by atoms with Crippen molar-refractivity contribution >= 4 is 28.5 Å². The normalized spacial score (nSPS) is 10.5. The second-order valence-electron chi connectivity index (χ2n) is 8.96. The van der Waals surface area contributed by atoms with Crippen molar-refractivity contribution in [3.8, 4) is 5.69 Å². The topological polar surface area (TPSA) is 90.2 Å². The molecule has 0 saturated carbocycles. The van der Waals surface area contributed by atoms with Crippen LogP contribution in [-0.2, 0) is 4.74 Å². The lowest BCUT2D eigenvalue weighted by Crippen LogP contribution is -2.24. The van der Waals surface area contributed by atoms with E-state index in [4.69, 9.17) is 4.74 Å². The van der Waals surface area contributed by atoms with Crippen LogP contribution < -0.4 is 4.90 Å². The third-order valence-corrected chi connectivity index (χ3v) is 6.50. The van der Waals surface area contributed by atoms with E-state index in [0.29, 0.717) is 28.8 Å². The Kier molecular flexibility index (Phi) is 11.7. The number of benzene rings is 3. The SMILES string of the molecule is CCN(CC)c1ccccc1C(=O)OCCC(C)C.O=C(Sc1nnn(-c2ccccc2)n1)c1ccccc1. The zero-order chi connectivity index (χ0) is 28.0. The minimum Gasteiger partial charge on any atom is -0.462 e. The molecule has 9 heteroatoms. The first-order chi connectivity index (χ1) is 18.9. The van der Waals surface area contributed by atoms with Crippen molar-refractivity contribution in [2.45, 2.75) is 39.3 Å². The van der Waals surface area contributed by atoms with E-state index < -0.39 is 0 Å². The van der Waals surface area contributed by atoms with Crippen LogP contribution in [0.25, 0.3) is 5.69 Å². The Balaban J connectivity index is 0.000000216. The first-order valence-electron chi connectivity index (χ1n) is 13.1. The number of para-hydroxylation sites is 2. The number of hydrogen-bond donors (Lipinski definition) is 0. The van der Waals surface area contributed by atoms with Crippen LogP contribution in [0.15, 0.2) is 90.1 Å². The Morgan fingerprint density at radius 3 is 2.15 bits per heavy atom. The van der Waals surface area contributed by atoms with Crippen LogP contribution in [0.3, 0.4) is 0 Å². The number of anilines is 1. The lowest BCUT2D eigenvalue weighted by atomic mass is 10.1. The van der Waals surface area contributed by atoms with E-state index in [1.54, 1.807) is 12.1 Å². The lowest BCUT2D eigenvalue weighted by molar-refractivity contribution is 0.0488. The van der Waals surface area contributed by atoms with Gasteiger partial charge in [-0.3, -0.25) is 4.79 Å². The molecular formula is C30H35N5O3S. The standard InChI is InChI=1S/C16H25NO2.C14H10N4OS/c1-5-17(6-2)15-10-8-7-9-14(15)16(18)19-12-11-13(3)4;19-13(11-7-3-1-4-8-11)20-14-15-17-18(16-14)12-9-5-2-6-10-12/h7-10,13H,5-6,11-12H2,1-4H3;1-10H. The fraction of sp³-hybridized carbons (Fsp3) is 0.300. The summed E-state index contributed by atoms with van der Waals surface area (Å²) in [5, 5.41) is 12.2. The number of esters is 1. The Morgan fingerprint density at radius 1 is 0.897 bits per heavy atom.